The Kier molecular flexibility index (Phi) is 5.11. The van der Waals surface area contributed by atoms with Gasteiger partial charge in [-0.3, -0.25) is 9.55 Å². The van der Waals surface area contributed by atoms with Crippen LogP contribution in [0.4, 0.5) is 0 Å². The Labute approximate surface area is 215 Å². The molecule has 4 heterocycles. The fourth-order valence-electron chi connectivity index (χ4n) is 5.43. The molecule has 7 heteroatoms. The zero-order valence-electron chi connectivity index (χ0n) is 20.6. The molecule has 2 aliphatic rings. The molecule has 2 aromatic carbocycles. The number of nitrogens with zero attached hydrogens (tertiary/aromatic N) is 5. The Morgan fingerprint density at radius 3 is 2.41 bits per heavy atom. The van der Waals surface area contributed by atoms with Crippen LogP contribution in [0.5, 0.6) is 5.88 Å². The van der Waals surface area contributed by atoms with Gasteiger partial charge in [0.25, 0.3) is 0 Å². The maximum Gasteiger partial charge on any atom is 0.239 e. The molecule has 182 valence electrons. The smallest absolute Gasteiger partial charge is 0.239 e. The van der Waals surface area contributed by atoms with Crippen LogP contribution in [0.2, 0.25) is 0 Å². The van der Waals surface area contributed by atoms with Crippen molar-refractivity contribution >= 4 is 0 Å². The van der Waals surface area contributed by atoms with E-state index in [4.69, 9.17) is 9.72 Å². The van der Waals surface area contributed by atoms with Gasteiger partial charge < -0.3 is 10.1 Å². The summed E-state index contributed by atoms with van der Waals surface area (Å²) in [5.41, 5.74) is 7.05. The summed E-state index contributed by atoms with van der Waals surface area (Å²) >= 11 is 0. The van der Waals surface area contributed by atoms with Crippen LogP contribution in [0.15, 0.2) is 85.1 Å². The van der Waals surface area contributed by atoms with E-state index in [1.165, 1.54) is 24.8 Å². The number of rotatable bonds is 5. The van der Waals surface area contributed by atoms with E-state index in [1.807, 2.05) is 28.8 Å². The second-order valence-corrected chi connectivity index (χ2v) is 9.62. The molecular weight excluding hydrogens is 460 g/mol. The second-order valence-electron chi connectivity index (χ2n) is 9.62. The minimum Gasteiger partial charge on any atom is -0.468 e. The van der Waals surface area contributed by atoms with Gasteiger partial charge in [-0.25, -0.2) is 4.98 Å². The molecule has 7 rings (SSSR count). The van der Waals surface area contributed by atoms with Crippen LogP contribution in [0.1, 0.15) is 30.7 Å². The molecule has 3 aromatic heterocycles. The Morgan fingerprint density at radius 1 is 0.892 bits per heavy atom. The van der Waals surface area contributed by atoms with Crippen LogP contribution in [-0.4, -0.2) is 31.8 Å². The van der Waals surface area contributed by atoms with Gasteiger partial charge in [0.2, 0.25) is 5.88 Å². The number of benzene rings is 2. The third kappa shape index (κ3) is 3.54. The van der Waals surface area contributed by atoms with Crippen LogP contribution in [0, 0.1) is 0 Å². The maximum atomic E-state index is 6.11. The summed E-state index contributed by atoms with van der Waals surface area (Å²) in [6, 6.07) is 27.1. The quantitative estimate of drug-likeness (QED) is 0.351. The minimum atomic E-state index is 0.0971. The Balaban J connectivity index is 1.39. The van der Waals surface area contributed by atoms with Crippen molar-refractivity contribution in [2.24, 2.45) is 0 Å². The number of fused-ring (bicyclic) bond motifs is 3. The molecule has 7 nitrogen and oxygen atoms in total. The van der Waals surface area contributed by atoms with Gasteiger partial charge in [0.15, 0.2) is 18.3 Å². The van der Waals surface area contributed by atoms with E-state index in [2.05, 4.69) is 82.1 Å². The van der Waals surface area contributed by atoms with Crippen molar-refractivity contribution in [1.29, 1.82) is 0 Å². The van der Waals surface area contributed by atoms with Crippen LogP contribution in [0.25, 0.3) is 39.6 Å². The van der Waals surface area contributed by atoms with Crippen molar-refractivity contribution in [3.8, 4) is 45.5 Å². The number of ether oxygens (including phenoxy) is 1. The van der Waals surface area contributed by atoms with E-state index in [9.17, 15) is 0 Å². The molecule has 1 saturated carbocycles. The highest BCUT2D eigenvalue weighted by Crippen LogP contribution is 2.43. The van der Waals surface area contributed by atoms with E-state index in [0.717, 1.165) is 39.6 Å². The summed E-state index contributed by atoms with van der Waals surface area (Å²) in [4.78, 5) is 9.59. The van der Waals surface area contributed by atoms with Crippen molar-refractivity contribution in [3.63, 3.8) is 0 Å². The predicted molar refractivity (Wildman–Crippen MR) is 142 cm³/mol. The van der Waals surface area contributed by atoms with Crippen molar-refractivity contribution < 1.29 is 4.74 Å². The normalized spacial score (nSPS) is 15.3. The lowest BCUT2D eigenvalue weighted by Gasteiger charge is -2.42. The first-order valence-electron chi connectivity index (χ1n) is 12.6. The van der Waals surface area contributed by atoms with E-state index in [-0.39, 0.29) is 5.54 Å². The van der Waals surface area contributed by atoms with Gasteiger partial charge >= 0.3 is 0 Å². The summed E-state index contributed by atoms with van der Waals surface area (Å²) in [7, 11) is 2.06. The molecular formula is C30H26N6O. The maximum absolute atomic E-state index is 6.11. The highest BCUT2D eigenvalue weighted by atomic mass is 16.5. The largest absolute Gasteiger partial charge is 0.468 e. The van der Waals surface area contributed by atoms with E-state index < -0.39 is 0 Å². The summed E-state index contributed by atoms with van der Waals surface area (Å²) in [6.45, 7) is 0.299. The molecule has 37 heavy (non-hydrogen) atoms. The van der Waals surface area contributed by atoms with E-state index >= 15 is 0 Å². The Morgan fingerprint density at radius 2 is 1.70 bits per heavy atom. The molecule has 1 fully saturated rings. The zero-order chi connectivity index (χ0) is 24.8. The van der Waals surface area contributed by atoms with Gasteiger partial charge in [-0.05, 0) is 55.6 Å². The van der Waals surface area contributed by atoms with E-state index in [0.29, 0.717) is 18.3 Å². The Hall–Kier alpha value is -4.36. The predicted octanol–water partition coefficient (Wildman–Crippen LogP) is 5.55. The lowest BCUT2D eigenvalue weighted by molar-refractivity contribution is 0.201. The number of pyridine rings is 2. The number of hydrogen-bond donors (Lipinski definition) is 1. The average molecular weight is 487 g/mol. The molecule has 0 atom stereocenters. The lowest BCUT2D eigenvalue weighted by Crippen LogP contribution is -2.45. The molecule has 1 aliphatic carbocycles. The van der Waals surface area contributed by atoms with Crippen molar-refractivity contribution in [2.75, 3.05) is 7.05 Å². The number of aromatic nitrogens is 5. The molecule has 0 bridgehead atoms. The molecule has 1 aliphatic heterocycles. The summed E-state index contributed by atoms with van der Waals surface area (Å²) in [6.07, 6.45) is 5.36. The first-order chi connectivity index (χ1) is 18.3. The topological polar surface area (TPSA) is 77.8 Å². The van der Waals surface area contributed by atoms with Gasteiger partial charge in [-0.1, -0.05) is 60.7 Å². The fraction of sp³-hybridized carbons (Fsp3) is 0.200. The molecule has 1 N–H and O–H groups in total. The summed E-state index contributed by atoms with van der Waals surface area (Å²) in [5, 5.41) is 12.4. The molecule has 0 unspecified atom stereocenters. The molecule has 0 spiro atoms. The number of nitrogens with one attached hydrogen (secondary N) is 1. The number of hydrogen-bond acceptors (Lipinski definition) is 6. The van der Waals surface area contributed by atoms with Crippen LogP contribution >= 0.6 is 0 Å². The van der Waals surface area contributed by atoms with Crippen LogP contribution in [-0.2, 0) is 12.1 Å². The third-order valence-electron chi connectivity index (χ3n) is 7.65. The monoisotopic (exact) mass is 486 g/mol. The van der Waals surface area contributed by atoms with Crippen LogP contribution < -0.4 is 10.1 Å². The zero-order valence-corrected chi connectivity index (χ0v) is 20.6. The average Bonchev–Trinajstić information content (AvgIpc) is 3.38. The van der Waals surface area contributed by atoms with Crippen molar-refractivity contribution in [1.82, 2.24) is 30.0 Å². The standard InChI is InChI=1S/C30H26N6O/c1-31-30(15-7-16-30)22-13-11-21(12-14-22)27-23(20-8-3-2-4-9-20)18-25-29(33-27)37-19-26-34-35-28(36(25)26)24-10-5-6-17-32-24/h2-6,8-14,17-18,31H,7,15-16,19H2,1H3. The van der Waals surface area contributed by atoms with Gasteiger partial charge in [-0.2, -0.15) is 0 Å². The SMILES string of the molecule is CNC1(c2ccc(-c3nc4c(cc3-c3ccccc3)-n3c(nnc3-c3ccccn3)CO4)cc2)CCC1. The lowest BCUT2D eigenvalue weighted by atomic mass is 9.72. The molecule has 0 saturated heterocycles. The molecule has 5 aromatic rings. The second kappa shape index (κ2) is 8.64. The molecule has 0 amide bonds. The summed E-state index contributed by atoms with van der Waals surface area (Å²) in [5.74, 6) is 1.97. The first kappa shape index (κ1) is 21.9. The third-order valence-corrected chi connectivity index (χ3v) is 7.65. The molecule has 0 radical (unpaired) electrons. The Bertz CT molecular complexity index is 1570. The van der Waals surface area contributed by atoms with Crippen molar-refractivity contribution in [3.05, 3.63) is 96.4 Å². The van der Waals surface area contributed by atoms with Gasteiger partial charge in [0, 0.05) is 22.9 Å². The van der Waals surface area contributed by atoms with Gasteiger partial charge in [0.05, 0.1) is 5.69 Å². The first-order valence-corrected chi connectivity index (χ1v) is 12.6. The van der Waals surface area contributed by atoms with Gasteiger partial charge in [-0.15, -0.1) is 10.2 Å². The minimum absolute atomic E-state index is 0.0971. The highest BCUT2D eigenvalue weighted by Gasteiger charge is 2.37. The summed E-state index contributed by atoms with van der Waals surface area (Å²) < 4.78 is 8.12. The highest BCUT2D eigenvalue weighted by molar-refractivity contribution is 5.83. The van der Waals surface area contributed by atoms with Gasteiger partial charge in [0.1, 0.15) is 11.4 Å². The van der Waals surface area contributed by atoms with Crippen LogP contribution in [0.3, 0.4) is 0 Å². The van der Waals surface area contributed by atoms with E-state index in [1.54, 1.807) is 6.20 Å². The fourth-order valence-corrected chi connectivity index (χ4v) is 5.43. The van der Waals surface area contributed by atoms with Crippen molar-refractivity contribution in [2.45, 2.75) is 31.4 Å².